The van der Waals surface area contributed by atoms with Gasteiger partial charge in [-0.05, 0) is 19.8 Å². The van der Waals surface area contributed by atoms with E-state index in [-0.39, 0.29) is 24.3 Å². The molecule has 0 aromatic carbocycles. The second-order valence-electron chi connectivity index (χ2n) is 10.8. The van der Waals surface area contributed by atoms with Crippen molar-refractivity contribution in [3.8, 4) is 11.4 Å². The van der Waals surface area contributed by atoms with E-state index in [9.17, 15) is 9.90 Å². The highest BCUT2D eigenvalue weighted by molar-refractivity contribution is 5.88. The Kier molecular flexibility index (Phi) is 7.80. The second-order valence-corrected chi connectivity index (χ2v) is 10.8. The number of aliphatic hydroxyl groups is 1. The van der Waals surface area contributed by atoms with Crippen LogP contribution in [-0.2, 0) is 16.1 Å². The molecule has 5 rings (SSSR count). The Morgan fingerprint density at radius 1 is 1.08 bits per heavy atom. The number of morpholine rings is 1. The third-order valence-corrected chi connectivity index (χ3v) is 7.05. The van der Waals surface area contributed by atoms with Crippen molar-refractivity contribution in [3.63, 3.8) is 0 Å². The van der Waals surface area contributed by atoms with Gasteiger partial charge in [0.25, 0.3) is 0 Å². The van der Waals surface area contributed by atoms with Crippen LogP contribution in [0.2, 0.25) is 0 Å². The van der Waals surface area contributed by atoms with E-state index in [1.54, 1.807) is 19.3 Å². The number of aromatic nitrogens is 6. The molecule has 0 spiro atoms. The number of nitrogen functional groups attached to an aromatic ring is 1. The molecule has 0 radical (unpaired) electrons. The first-order valence-electron chi connectivity index (χ1n) is 13.6. The number of ether oxygens (including phenoxy) is 1. The van der Waals surface area contributed by atoms with E-state index in [0.717, 1.165) is 29.5 Å². The van der Waals surface area contributed by atoms with E-state index in [1.807, 2.05) is 11.8 Å². The zero-order valence-corrected chi connectivity index (χ0v) is 23.1. The van der Waals surface area contributed by atoms with E-state index >= 15 is 0 Å². The normalized spacial score (nSPS) is 19.2. The zero-order valence-electron chi connectivity index (χ0n) is 23.1. The number of nitrogens with two attached hydrogens (primary N) is 1. The van der Waals surface area contributed by atoms with Gasteiger partial charge in [-0.2, -0.15) is 0 Å². The maximum Gasteiger partial charge on any atom is 0.225 e. The van der Waals surface area contributed by atoms with Gasteiger partial charge in [-0.1, -0.05) is 13.8 Å². The van der Waals surface area contributed by atoms with E-state index < -0.39 is 6.10 Å². The number of fused-ring (bicyclic) bond motifs is 1. The quantitative estimate of drug-likeness (QED) is 0.446. The highest BCUT2D eigenvalue weighted by Crippen LogP contribution is 2.32. The lowest BCUT2D eigenvalue weighted by Gasteiger charge is -2.40. The summed E-state index contributed by atoms with van der Waals surface area (Å²) in [5.74, 6) is 2.62. The van der Waals surface area contributed by atoms with E-state index in [2.05, 4.69) is 38.2 Å². The summed E-state index contributed by atoms with van der Waals surface area (Å²) in [6.45, 7) is 13.2. The Morgan fingerprint density at radius 3 is 2.44 bits per heavy atom. The molecule has 3 aromatic rings. The molecule has 5 heterocycles. The number of rotatable bonds is 7. The molecule has 0 saturated carbocycles. The number of imidazole rings is 1. The number of hydrogen-bond donors (Lipinski definition) is 2. The minimum Gasteiger partial charge on any atom is -0.393 e. The van der Waals surface area contributed by atoms with Crippen LogP contribution >= 0.6 is 0 Å². The highest BCUT2D eigenvalue weighted by atomic mass is 16.5. The first kappa shape index (κ1) is 27.0. The number of nitrogens with zero attached hydrogens (tertiary/aromatic N) is 9. The van der Waals surface area contributed by atoms with Gasteiger partial charge >= 0.3 is 0 Å². The average molecular weight is 539 g/mol. The van der Waals surface area contributed by atoms with Gasteiger partial charge in [-0.15, -0.1) is 0 Å². The van der Waals surface area contributed by atoms with E-state index in [4.69, 9.17) is 25.4 Å². The molecule has 0 bridgehead atoms. The van der Waals surface area contributed by atoms with Crippen molar-refractivity contribution in [1.82, 2.24) is 34.4 Å². The van der Waals surface area contributed by atoms with Crippen LogP contribution in [0.25, 0.3) is 22.6 Å². The first-order chi connectivity index (χ1) is 18.7. The van der Waals surface area contributed by atoms with Crippen molar-refractivity contribution in [3.05, 3.63) is 12.4 Å². The van der Waals surface area contributed by atoms with Crippen molar-refractivity contribution < 1.29 is 14.6 Å². The maximum atomic E-state index is 12.7. The first-order valence-corrected chi connectivity index (χ1v) is 13.6. The predicted molar refractivity (Wildman–Crippen MR) is 148 cm³/mol. The third kappa shape index (κ3) is 5.74. The van der Waals surface area contributed by atoms with Gasteiger partial charge in [0.15, 0.2) is 22.8 Å². The van der Waals surface area contributed by atoms with E-state index in [0.29, 0.717) is 63.2 Å². The number of carbonyl (C=O) groups is 1. The molecule has 3 N–H and O–H groups in total. The Labute approximate surface area is 228 Å². The van der Waals surface area contributed by atoms with Gasteiger partial charge in [0.2, 0.25) is 17.8 Å². The number of piperazine rings is 1. The van der Waals surface area contributed by atoms with Gasteiger partial charge in [0.05, 0.1) is 31.3 Å². The summed E-state index contributed by atoms with van der Waals surface area (Å²) >= 11 is 0. The third-order valence-electron chi connectivity index (χ3n) is 7.05. The Hall–Kier alpha value is -3.58. The standard InChI is InChI=1S/C26H38N10O3/c1-16(2)14-36-24-21(30-26(36)34-5-6-35(17(3)15-34)20(38)11-18(4)37)23(33-7-9-39-10-8-33)31-22(32-24)19-12-28-25(27)29-13-19/h12-13,16-18,37H,5-11,14-15H2,1-4H3,(H2,27,28,29)/t17-,18-/m0/s1. The minimum absolute atomic E-state index is 0.0235. The fraction of sp³-hybridized carbons (Fsp3) is 0.615. The van der Waals surface area contributed by atoms with Gasteiger partial charge in [-0.3, -0.25) is 9.36 Å². The summed E-state index contributed by atoms with van der Waals surface area (Å²) in [7, 11) is 0. The van der Waals surface area contributed by atoms with Crippen molar-refractivity contribution in [2.75, 3.05) is 61.5 Å². The summed E-state index contributed by atoms with van der Waals surface area (Å²) in [6, 6.07) is -0.0235. The van der Waals surface area contributed by atoms with Crippen molar-refractivity contribution in [2.45, 2.75) is 52.8 Å². The van der Waals surface area contributed by atoms with Crippen LogP contribution in [0, 0.1) is 5.92 Å². The van der Waals surface area contributed by atoms with Crippen LogP contribution in [0.15, 0.2) is 12.4 Å². The van der Waals surface area contributed by atoms with Crippen LogP contribution in [0.1, 0.15) is 34.1 Å². The maximum absolute atomic E-state index is 12.7. The SMILES string of the molecule is CC(C)Cn1c(N2CCN(C(=O)C[C@H](C)O)[C@@H](C)C2)nc2c(N3CCOCC3)nc(-c3cnc(N)nc3)nc21. The predicted octanol–water partition coefficient (Wildman–Crippen LogP) is 1.17. The van der Waals surface area contributed by atoms with Gasteiger partial charge in [-0.25, -0.2) is 24.9 Å². The summed E-state index contributed by atoms with van der Waals surface area (Å²) in [6.07, 6.45) is 2.76. The molecule has 2 atom stereocenters. The zero-order chi connectivity index (χ0) is 27.7. The molecule has 1 amide bonds. The Bertz CT molecular complexity index is 1300. The van der Waals surface area contributed by atoms with Crippen molar-refractivity contribution >= 4 is 34.8 Å². The molecule has 210 valence electrons. The summed E-state index contributed by atoms with van der Waals surface area (Å²) in [5, 5.41) is 9.71. The lowest BCUT2D eigenvalue weighted by atomic mass is 10.1. The molecule has 2 saturated heterocycles. The van der Waals surface area contributed by atoms with Crippen LogP contribution in [0.5, 0.6) is 0 Å². The Balaban J connectivity index is 1.58. The molecule has 13 nitrogen and oxygen atoms in total. The summed E-state index contributed by atoms with van der Waals surface area (Å²) in [5.41, 5.74) is 7.90. The molecule has 2 aliphatic heterocycles. The highest BCUT2D eigenvalue weighted by Gasteiger charge is 2.32. The number of anilines is 3. The fourth-order valence-corrected chi connectivity index (χ4v) is 5.21. The van der Waals surface area contributed by atoms with Crippen LogP contribution in [-0.4, -0.2) is 103 Å². The molecule has 13 heteroatoms. The molecule has 2 fully saturated rings. The number of amides is 1. The molecular formula is C26H38N10O3. The number of carbonyl (C=O) groups excluding carboxylic acids is 1. The smallest absolute Gasteiger partial charge is 0.225 e. The van der Waals surface area contributed by atoms with Crippen LogP contribution < -0.4 is 15.5 Å². The van der Waals surface area contributed by atoms with Gasteiger partial charge in [0, 0.05) is 57.7 Å². The second kappa shape index (κ2) is 11.3. The molecular weight excluding hydrogens is 500 g/mol. The lowest BCUT2D eigenvalue weighted by Crippen LogP contribution is -2.55. The van der Waals surface area contributed by atoms with Crippen molar-refractivity contribution in [2.24, 2.45) is 5.92 Å². The molecule has 39 heavy (non-hydrogen) atoms. The fourth-order valence-electron chi connectivity index (χ4n) is 5.21. The molecule has 3 aromatic heterocycles. The summed E-state index contributed by atoms with van der Waals surface area (Å²) in [4.78, 5) is 42.4. The van der Waals surface area contributed by atoms with Crippen LogP contribution in [0.4, 0.5) is 17.7 Å². The lowest BCUT2D eigenvalue weighted by molar-refractivity contribution is -0.135. The van der Waals surface area contributed by atoms with E-state index in [1.165, 1.54) is 0 Å². The van der Waals surface area contributed by atoms with Crippen molar-refractivity contribution in [1.29, 1.82) is 0 Å². The molecule has 2 aliphatic rings. The van der Waals surface area contributed by atoms with Gasteiger partial charge in [0.1, 0.15) is 0 Å². The monoisotopic (exact) mass is 538 g/mol. The number of hydrogen-bond acceptors (Lipinski definition) is 11. The average Bonchev–Trinajstić information content (AvgIpc) is 3.26. The minimum atomic E-state index is -0.657. The van der Waals surface area contributed by atoms with Crippen LogP contribution in [0.3, 0.4) is 0 Å². The summed E-state index contributed by atoms with van der Waals surface area (Å²) < 4.78 is 7.78. The number of aliphatic hydroxyl groups excluding tert-OH is 1. The Morgan fingerprint density at radius 2 is 1.79 bits per heavy atom. The molecule has 0 aliphatic carbocycles. The largest absolute Gasteiger partial charge is 0.393 e. The molecule has 0 unspecified atom stereocenters. The van der Waals surface area contributed by atoms with Gasteiger partial charge < -0.3 is 30.3 Å². The topological polar surface area (TPSA) is 152 Å².